The lowest BCUT2D eigenvalue weighted by molar-refractivity contribution is 0.215. The number of carbonyl (C=O) groups is 1. The van der Waals surface area contributed by atoms with Crippen molar-refractivity contribution in [3.63, 3.8) is 0 Å². The summed E-state index contributed by atoms with van der Waals surface area (Å²) in [4.78, 5) is 22.8. The van der Waals surface area contributed by atoms with Crippen LogP contribution in [0.1, 0.15) is 17.5 Å². The summed E-state index contributed by atoms with van der Waals surface area (Å²) in [5.41, 5.74) is 2.81. The molecule has 1 aliphatic carbocycles. The van der Waals surface area contributed by atoms with Crippen molar-refractivity contribution in [2.24, 2.45) is 5.18 Å². The van der Waals surface area contributed by atoms with Gasteiger partial charge >= 0.3 is 6.09 Å². The number of fused-ring (bicyclic) bond motifs is 1. The van der Waals surface area contributed by atoms with Crippen molar-refractivity contribution in [1.82, 2.24) is 0 Å². The fraction of sp³-hybridized carbons (Fsp3) is 0.235. The van der Waals surface area contributed by atoms with Crippen LogP contribution in [-0.2, 0) is 12.8 Å². The topological polar surface area (TPSA) is 67.8 Å². The summed E-state index contributed by atoms with van der Waals surface area (Å²) in [6, 6.07) is 14.4. The number of rotatable bonds is 3. The van der Waals surface area contributed by atoms with Crippen LogP contribution in [0.15, 0.2) is 53.7 Å². The number of nitrogens with zero attached hydrogens (tertiary/aromatic N) is 1. The van der Waals surface area contributed by atoms with Crippen LogP contribution in [0.4, 0.5) is 10.5 Å². The van der Waals surface area contributed by atoms with Gasteiger partial charge < -0.3 is 4.74 Å². The average Bonchev–Trinajstić information content (AvgIpc) is 2.55. The van der Waals surface area contributed by atoms with Gasteiger partial charge in [0.25, 0.3) is 0 Å². The maximum absolute atomic E-state index is 12.0. The molecule has 22 heavy (non-hydrogen) atoms. The molecule has 1 atom stereocenters. The first kappa shape index (κ1) is 14.3. The fourth-order valence-electron chi connectivity index (χ4n) is 2.71. The first-order valence-electron chi connectivity index (χ1n) is 7.23. The first-order valence-corrected chi connectivity index (χ1v) is 7.23. The lowest BCUT2D eigenvalue weighted by Gasteiger charge is -2.22. The minimum atomic E-state index is -0.541. The molecule has 2 aromatic rings. The van der Waals surface area contributed by atoms with Crippen LogP contribution < -0.4 is 10.1 Å². The number of hydrogen-bond donors (Lipinski definition) is 1. The molecule has 0 aliphatic heterocycles. The summed E-state index contributed by atoms with van der Waals surface area (Å²) < 4.78 is 5.23. The Bertz CT molecular complexity index is 686. The number of para-hydroxylation sites is 1. The van der Waals surface area contributed by atoms with E-state index in [0.29, 0.717) is 17.9 Å². The number of anilines is 1. The molecule has 0 spiro atoms. The van der Waals surface area contributed by atoms with Crippen LogP contribution in [0, 0.1) is 4.91 Å². The number of benzene rings is 2. The van der Waals surface area contributed by atoms with E-state index < -0.39 is 6.09 Å². The van der Waals surface area contributed by atoms with Crippen LogP contribution in [0.3, 0.4) is 0 Å². The molecule has 1 aliphatic rings. The highest BCUT2D eigenvalue weighted by Crippen LogP contribution is 2.29. The Balaban J connectivity index is 1.75. The van der Waals surface area contributed by atoms with Crippen molar-refractivity contribution in [2.45, 2.75) is 25.3 Å². The van der Waals surface area contributed by atoms with Gasteiger partial charge in [0.15, 0.2) is 0 Å². The normalized spacial score (nSPS) is 16.5. The van der Waals surface area contributed by atoms with Gasteiger partial charge in [-0.15, -0.1) is 0 Å². The maximum atomic E-state index is 12.0. The molecule has 0 bridgehead atoms. The minimum absolute atomic E-state index is 0.222. The Kier molecular flexibility index (Phi) is 4.14. The number of ether oxygens (including phenoxy) is 1. The molecule has 1 unspecified atom stereocenters. The van der Waals surface area contributed by atoms with Crippen LogP contribution in [-0.4, -0.2) is 12.1 Å². The summed E-state index contributed by atoms with van der Waals surface area (Å²) in [6.07, 6.45) is 1.57. The third kappa shape index (κ3) is 3.14. The molecule has 2 aromatic carbocycles. The van der Waals surface area contributed by atoms with Gasteiger partial charge in [0.1, 0.15) is 5.75 Å². The van der Waals surface area contributed by atoms with Crippen LogP contribution in [0.25, 0.3) is 0 Å². The van der Waals surface area contributed by atoms with Crippen molar-refractivity contribution < 1.29 is 9.53 Å². The fourth-order valence-corrected chi connectivity index (χ4v) is 2.71. The van der Waals surface area contributed by atoms with Crippen molar-refractivity contribution >= 4 is 11.8 Å². The second kappa shape index (κ2) is 6.39. The molecule has 5 nitrogen and oxygen atoms in total. The summed E-state index contributed by atoms with van der Waals surface area (Å²) in [6.45, 7) is 0. The number of hydrogen-bond acceptors (Lipinski definition) is 4. The van der Waals surface area contributed by atoms with Gasteiger partial charge in [-0.2, -0.15) is 4.91 Å². The van der Waals surface area contributed by atoms with Crippen molar-refractivity contribution in [1.29, 1.82) is 0 Å². The van der Waals surface area contributed by atoms with E-state index in [-0.39, 0.29) is 6.04 Å². The van der Waals surface area contributed by atoms with Gasteiger partial charge in [-0.3, -0.25) is 5.32 Å². The predicted octanol–water partition coefficient (Wildman–Crippen LogP) is 3.92. The average molecular weight is 296 g/mol. The SMILES string of the molecule is O=NC1CCc2cccc(NC(=O)Oc3ccccc3)c2C1. The molecule has 0 heterocycles. The summed E-state index contributed by atoms with van der Waals surface area (Å²) >= 11 is 0. The smallest absolute Gasteiger partial charge is 0.410 e. The Morgan fingerprint density at radius 3 is 2.73 bits per heavy atom. The highest BCUT2D eigenvalue weighted by atomic mass is 16.6. The zero-order valence-electron chi connectivity index (χ0n) is 12.0. The molecular formula is C17H16N2O3. The molecule has 1 amide bonds. The molecule has 3 rings (SSSR count). The second-order valence-corrected chi connectivity index (χ2v) is 5.27. The molecule has 0 saturated carbocycles. The lowest BCUT2D eigenvalue weighted by atomic mass is 9.87. The predicted molar refractivity (Wildman–Crippen MR) is 84.1 cm³/mol. The largest absolute Gasteiger partial charge is 0.417 e. The van der Waals surface area contributed by atoms with Crippen LogP contribution >= 0.6 is 0 Å². The highest BCUT2D eigenvalue weighted by Gasteiger charge is 2.22. The van der Waals surface area contributed by atoms with Crippen LogP contribution in [0.5, 0.6) is 5.75 Å². The van der Waals surface area contributed by atoms with E-state index in [0.717, 1.165) is 24.0 Å². The Morgan fingerprint density at radius 2 is 1.95 bits per heavy atom. The zero-order chi connectivity index (χ0) is 15.4. The van der Waals surface area contributed by atoms with Gasteiger partial charge in [0, 0.05) is 12.1 Å². The van der Waals surface area contributed by atoms with E-state index in [9.17, 15) is 9.70 Å². The summed E-state index contributed by atoms with van der Waals surface area (Å²) in [7, 11) is 0. The van der Waals surface area contributed by atoms with E-state index in [1.165, 1.54) is 0 Å². The maximum Gasteiger partial charge on any atom is 0.417 e. The third-order valence-electron chi connectivity index (χ3n) is 3.80. The Hall–Kier alpha value is -2.69. The molecule has 1 N–H and O–H groups in total. The molecule has 0 aromatic heterocycles. The number of aryl methyl sites for hydroxylation is 1. The highest BCUT2D eigenvalue weighted by molar-refractivity contribution is 5.87. The van der Waals surface area contributed by atoms with E-state index >= 15 is 0 Å². The van der Waals surface area contributed by atoms with Gasteiger partial charge in [0.2, 0.25) is 0 Å². The van der Waals surface area contributed by atoms with E-state index in [1.807, 2.05) is 24.3 Å². The van der Waals surface area contributed by atoms with E-state index in [4.69, 9.17) is 4.74 Å². The Labute approximate surface area is 128 Å². The van der Waals surface area contributed by atoms with Gasteiger partial charge in [-0.05, 0) is 42.2 Å². The van der Waals surface area contributed by atoms with E-state index in [1.54, 1.807) is 24.3 Å². The Morgan fingerprint density at radius 1 is 1.14 bits per heavy atom. The molecular weight excluding hydrogens is 280 g/mol. The minimum Gasteiger partial charge on any atom is -0.410 e. The number of nitroso groups, excluding NO2 is 1. The molecule has 5 heteroatoms. The molecule has 0 fully saturated rings. The standard InChI is InChI=1S/C17H16N2O3/c20-17(22-14-6-2-1-3-7-14)18-16-8-4-5-12-9-10-13(19-21)11-15(12)16/h1-8,13H,9-11H2,(H,18,20). The zero-order valence-corrected chi connectivity index (χ0v) is 12.0. The van der Waals surface area contributed by atoms with Crippen LogP contribution in [0.2, 0.25) is 0 Å². The second-order valence-electron chi connectivity index (χ2n) is 5.27. The van der Waals surface area contributed by atoms with Crippen molar-refractivity contribution in [3.05, 3.63) is 64.6 Å². The quantitative estimate of drug-likeness (QED) is 0.873. The monoisotopic (exact) mass is 296 g/mol. The molecule has 0 saturated heterocycles. The molecule has 112 valence electrons. The molecule has 0 radical (unpaired) electrons. The van der Waals surface area contributed by atoms with Crippen molar-refractivity contribution in [3.8, 4) is 5.75 Å². The first-order chi connectivity index (χ1) is 10.8. The van der Waals surface area contributed by atoms with Gasteiger partial charge in [-0.1, -0.05) is 35.5 Å². The van der Waals surface area contributed by atoms with E-state index in [2.05, 4.69) is 10.5 Å². The third-order valence-corrected chi connectivity index (χ3v) is 3.80. The summed E-state index contributed by atoms with van der Waals surface area (Å²) in [5.74, 6) is 0.484. The van der Waals surface area contributed by atoms with Gasteiger partial charge in [-0.25, -0.2) is 4.79 Å². The van der Waals surface area contributed by atoms with Gasteiger partial charge in [0.05, 0.1) is 6.04 Å². The number of carbonyl (C=O) groups excluding carboxylic acids is 1. The summed E-state index contributed by atoms with van der Waals surface area (Å²) in [5, 5.41) is 5.90. The number of amides is 1. The number of nitrogens with one attached hydrogen (secondary N) is 1. The van der Waals surface area contributed by atoms with Crippen molar-refractivity contribution in [2.75, 3.05) is 5.32 Å². The lowest BCUT2D eigenvalue weighted by Crippen LogP contribution is -2.22.